The standard InChI is InChI=1S/C18H26N2S/c1-20-17-10-6-5-9-15(17)16(11-19)18(20)13-21-12-14-7-3-2-4-8-14/h14H,2-10,12-13H2,1H3. The summed E-state index contributed by atoms with van der Waals surface area (Å²) in [6.45, 7) is 0. The fourth-order valence-corrected chi connectivity index (χ4v) is 5.33. The van der Waals surface area contributed by atoms with Gasteiger partial charge in [-0.2, -0.15) is 17.0 Å². The first-order chi connectivity index (χ1) is 10.3. The van der Waals surface area contributed by atoms with Gasteiger partial charge in [0.15, 0.2) is 0 Å². The van der Waals surface area contributed by atoms with Gasteiger partial charge in [-0.05, 0) is 55.8 Å². The van der Waals surface area contributed by atoms with E-state index in [2.05, 4.69) is 17.7 Å². The smallest absolute Gasteiger partial charge is 0.101 e. The molecule has 2 nitrogen and oxygen atoms in total. The maximum atomic E-state index is 9.56. The predicted molar refractivity (Wildman–Crippen MR) is 89.5 cm³/mol. The molecular weight excluding hydrogens is 276 g/mol. The molecule has 0 N–H and O–H groups in total. The van der Waals surface area contributed by atoms with Gasteiger partial charge in [0.1, 0.15) is 6.07 Å². The van der Waals surface area contributed by atoms with E-state index in [0.717, 1.165) is 30.1 Å². The molecule has 1 fully saturated rings. The minimum absolute atomic E-state index is 0.921. The molecule has 1 saturated carbocycles. The second kappa shape index (κ2) is 6.92. The van der Waals surface area contributed by atoms with Crippen LogP contribution in [0.4, 0.5) is 0 Å². The summed E-state index contributed by atoms with van der Waals surface area (Å²) in [5.41, 5.74) is 5.08. The molecule has 0 radical (unpaired) electrons. The van der Waals surface area contributed by atoms with Gasteiger partial charge < -0.3 is 4.57 Å². The van der Waals surface area contributed by atoms with Gasteiger partial charge in [-0.15, -0.1) is 0 Å². The Balaban J connectivity index is 1.67. The average Bonchev–Trinajstić information content (AvgIpc) is 2.81. The third-order valence-electron chi connectivity index (χ3n) is 5.27. The van der Waals surface area contributed by atoms with E-state index < -0.39 is 0 Å². The van der Waals surface area contributed by atoms with Gasteiger partial charge in [-0.3, -0.25) is 0 Å². The molecule has 2 aliphatic carbocycles. The highest BCUT2D eigenvalue weighted by atomic mass is 32.2. The Bertz CT molecular complexity index is 532. The Morgan fingerprint density at radius 3 is 2.67 bits per heavy atom. The van der Waals surface area contributed by atoms with Gasteiger partial charge in [0.2, 0.25) is 0 Å². The predicted octanol–water partition coefficient (Wildman–Crippen LogP) is 4.59. The number of hydrogen-bond donors (Lipinski definition) is 0. The highest BCUT2D eigenvalue weighted by Crippen LogP contribution is 2.33. The fraction of sp³-hybridized carbons (Fsp3) is 0.722. The maximum Gasteiger partial charge on any atom is 0.101 e. The number of rotatable bonds is 4. The zero-order valence-electron chi connectivity index (χ0n) is 13.2. The van der Waals surface area contributed by atoms with E-state index in [1.807, 2.05) is 11.8 Å². The van der Waals surface area contributed by atoms with Crippen molar-refractivity contribution >= 4 is 11.8 Å². The van der Waals surface area contributed by atoms with Crippen molar-refractivity contribution in [1.82, 2.24) is 4.57 Å². The van der Waals surface area contributed by atoms with Crippen molar-refractivity contribution in [3.8, 4) is 6.07 Å². The Morgan fingerprint density at radius 1 is 1.14 bits per heavy atom. The molecule has 0 bridgehead atoms. The van der Waals surface area contributed by atoms with Crippen LogP contribution in [0.1, 0.15) is 67.5 Å². The lowest BCUT2D eigenvalue weighted by Gasteiger charge is -2.21. The van der Waals surface area contributed by atoms with Crippen LogP contribution >= 0.6 is 11.8 Å². The molecule has 3 heteroatoms. The first-order valence-corrected chi connectivity index (χ1v) is 9.64. The normalized spacial score (nSPS) is 19.2. The first kappa shape index (κ1) is 15.0. The molecule has 0 aliphatic heterocycles. The van der Waals surface area contributed by atoms with Crippen LogP contribution in [0.15, 0.2) is 0 Å². The topological polar surface area (TPSA) is 28.7 Å². The minimum atomic E-state index is 0.921. The number of nitriles is 1. The third kappa shape index (κ3) is 3.16. The quantitative estimate of drug-likeness (QED) is 0.814. The van der Waals surface area contributed by atoms with Crippen LogP contribution in [-0.2, 0) is 25.6 Å². The monoisotopic (exact) mass is 302 g/mol. The summed E-state index contributed by atoms with van der Waals surface area (Å²) < 4.78 is 2.33. The summed E-state index contributed by atoms with van der Waals surface area (Å²) in [6, 6.07) is 2.50. The second-order valence-corrected chi connectivity index (χ2v) is 7.67. The van der Waals surface area contributed by atoms with Gasteiger partial charge in [0, 0.05) is 24.2 Å². The van der Waals surface area contributed by atoms with Crippen molar-refractivity contribution in [2.45, 2.75) is 63.5 Å². The molecular formula is C18H26N2S. The number of aromatic nitrogens is 1. The zero-order chi connectivity index (χ0) is 14.7. The van der Waals surface area contributed by atoms with E-state index >= 15 is 0 Å². The van der Waals surface area contributed by atoms with Crippen molar-refractivity contribution in [3.05, 3.63) is 22.5 Å². The molecule has 0 atom stereocenters. The first-order valence-electron chi connectivity index (χ1n) is 8.48. The van der Waals surface area contributed by atoms with Gasteiger partial charge in [-0.1, -0.05) is 19.3 Å². The number of thioether (sulfide) groups is 1. The molecule has 1 heterocycles. The molecule has 0 aromatic carbocycles. The van der Waals surface area contributed by atoms with Crippen molar-refractivity contribution < 1.29 is 0 Å². The second-order valence-electron chi connectivity index (χ2n) is 6.64. The summed E-state index contributed by atoms with van der Waals surface area (Å²) in [4.78, 5) is 0. The number of fused-ring (bicyclic) bond motifs is 1. The fourth-order valence-electron chi connectivity index (χ4n) is 4.01. The summed E-state index contributed by atoms with van der Waals surface area (Å²) in [6.07, 6.45) is 11.9. The highest BCUT2D eigenvalue weighted by Gasteiger charge is 2.23. The Hall–Kier alpha value is -0.880. The van der Waals surface area contributed by atoms with Crippen molar-refractivity contribution in [3.63, 3.8) is 0 Å². The van der Waals surface area contributed by atoms with Crippen molar-refractivity contribution in [1.29, 1.82) is 5.26 Å². The SMILES string of the molecule is Cn1c(CSCC2CCCCC2)c(C#N)c2c1CCCC2. The van der Waals surface area contributed by atoms with Gasteiger partial charge in [0.25, 0.3) is 0 Å². The van der Waals surface area contributed by atoms with E-state index in [0.29, 0.717) is 0 Å². The number of nitrogens with zero attached hydrogens (tertiary/aromatic N) is 2. The number of hydrogen-bond acceptors (Lipinski definition) is 2. The summed E-state index contributed by atoms with van der Waals surface area (Å²) in [7, 11) is 2.17. The summed E-state index contributed by atoms with van der Waals surface area (Å²) in [5.74, 6) is 3.22. The van der Waals surface area contributed by atoms with E-state index in [-0.39, 0.29) is 0 Å². The Morgan fingerprint density at radius 2 is 1.90 bits per heavy atom. The minimum Gasteiger partial charge on any atom is -0.349 e. The lowest BCUT2D eigenvalue weighted by molar-refractivity contribution is 0.391. The van der Waals surface area contributed by atoms with E-state index in [9.17, 15) is 5.26 Å². The molecule has 2 aliphatic rings. The van der Waals surface area contributed by atoms with Crippen LogP contribution in [0.25, 0.3) is 0 Å². The van der Waals surface area contributed by atoms with Crippen LogP contribution in [-0.4, -0.2) is 10.3 Å². The van der Waals surface area contributed by atoms with E-state index in [1.54, 1.807) is 0 Å². The summed E-state index contributed by atoms with van der Waals surface area (Å²) in [5, 5.41) is 9.56. The molecule has 0 amide bonds. The van der Waals surface area contributed by atoms with E-state index in [1.165, 1.54) is 67.6 Å². The van der Waals surface area contributed by atoms with Crippen LogP contribution in [0, 0.1) is 17.2 Å². The lowest BCUT2D eigenvalue weighted by atomic mass is 9.91. The maximum absolute atomic E-state index is 9.56. The Kier molecular flexibility index (Phi) is 4.95. The van der Waals surface area contributed by atoms with Crippen LogP contribution in [0.5, 0.6) is 0 Å². The van der Waals surface area contributed by atoms with E-state index in [4.69, 9.17) is 0 Å². The van der Waals surface area contributed by atoms with Gasteiger partial charge >= 0.3 is 0 Å². The van der Waals surface area contributed by atoms with Crippen LogP contribution in [0.2, 0.25) is 0 Å². The van der Waals surface area contributed by atoms with Crippen molar-refractivity contribution in [2.24, 2.45) is 13.0 Å². The molecule has 1 aromatic rings. The van der Waals surface area contributed by atoms with Gasteiger partial charge in [-0.25, -0.2) is 0 Å². The molecule has 3 rings (SSSR count). The van der Waals surface area contributed by atoms with Gasteiger partial charge in [0.05, 0.1) is 5.56 Å². The molecule has 21 heavy (non-hydrogen) atoms. The molecule has 0 saturated heterocycles. The highest BCUT2D eigenvalue weighted by molar-refractivity contribution is 7.98. The third-order valence-corrected chi connectivity index (χ3v) is 6.45. The molecule has 0 spiro atoms. The van der Waals surface area contributed by atoms with Crippen LogP contribution in [0.3, 0.4) is 0 Å². The van der Waals surface area contributed by atoms with Crippen molar-refractivity contribution in [2.75, 3.05) is 5.75 Å². The Labute approximate surface area is 132 Å². The molecule has 114 valence electrons. The average molecular weight is 302 g/mol. The largest absolute Gasteiger partial charge is 0.349 e. The zero-order valence-corrected chi connectivity index (χ0v) is 14.0. The lowest BCUT2D eigenvalue weighted by Crippen LogP contribution is -2.09. The molecule has 1 aromatic heterocycles. The van der Waals surface area contributed by atoms with Crippen LogP contribution < -0.4 is 0 Å². The molecule has 0 unspecified atom stereocenters. The summed E-state index contributed by atoms with van der Waals surface area (Å²) >= 11 is 2.05.